The van der Waals surface area contributed by atoms with Crippen LogP contribution in [0.2, 0.25) is 0 Å². The van der Waals surface area contributed by atoms with E-state index in [4.69, 9.17) is 33.2 Å². The quantitative estimate of drug-likeness (QED) is 0.127. The van der Waals surface area contributed by atoms with Crippen LogP contribution in [0, 0.1) is 0 Å². The third-order valence-corrected chi connectivity index (χ3v) is 23.5. The summed E-state index contributed by atoms with van der Waals surface area (Å²) in [5, 5.41) is 13.5. The van der Waals surface area contributed by atoms with Crippen LogP contribution >= 0.6 is 0 Å². The fraction of sp³-hybridized carbons (Fsp3) is 0. The summed E-state index contributed by atoms with van der Waals surface area (Å²) in [7, 11) is 0. The molecule has 0 unspecified atom stereocenters. The number of oxazole rings is 1. The third kappa shape index (κ3) is 12.3. The van der Waals surface area contributed by atoms with Gasteiger partial charge in [0.1, 0.15) is 39.8 Å². The van der Waals surface area contributed by atoms with Crippen molar-refractivity contribution in [1.82, 2.24) is 33.6 Å². The van der Waals surface area contributed by atoms with E-state index >= 15 is 0 Å². The van der Waals surface area contributed by atoms with Crippen LogP contribution in [-0.4, -0.2) is 33.6 Å². The van der Waals surface area contributed by atoms with E-state index in [1.807, 2.05) is 85.2 Å². The zero-order valence-electron chi connectivity index (χ0n) is 65.8. The molecule has 0 saturated heterocycles. The van der Waals surface area contributed by atoms with Crippen molar-refractivity contribution in [3.63, 3.8) is 0 Å². The largest absolute Gasteiger partial charge is 0.455 e. The SMILES string of the molecule is c1ccc(-c2cc(-c3ccccc3)nc(-n3c4ccccc4c4c5oc(-c6ccccc6)nc5ccc43)c2)cc1.c1ccc(-c2oc3c(ccc4c3c3ccccc3n4-c3cc4ccccc4cn3)c2-c2ccccc2)cc1.c1ccc(-c2oc3c(ccc4c3c3ccccc3n4-c3cccc(-c4cc5ccccc5cn4)c3)c2-c2ccccc2)cc1. The Labute approximate surface area is 700 Å². The average Bonchev–Trinajstić information content (AvgIpc) is 1.57. The van der Waals surface area contributed by atoms with E-state index in [0.29, 0.717) is 5.89 Å². The van der Waals surface area contributed by atoms with Crippen molar-refractivity contribution in [3.05, 3.63) is 431 Å². The molecule has 0 aliphatic rings. The lowest BCUT2D eigenvalue weighted by molar-refractivity contribution is 0.623. The minimum absolute atomic E-state index is 0.621. The lowest BCUT2D eigenvalue weighted by atomic mass is 9.98. The Kier molecular flexibility index (Phi) is 17.3. The molecule has 0 aliphatic carbocycles. The minimum Gasteiger partial charge on any atom is -0.455 e. The zero-order chi connectivity index (χ0) is 80.6. The second-order valence-electron chi connectivity index (χ2n) is 30.7. The number of hydrogen-bond acceptors (Lipinski definition) is 7. The molecule has 0 fully saturated rings. The van der Waals surface area contributed by atoms with Crippen molar-refractivity contribution in [1.29, 1.82) is 0 Å². The molecule has 25 aromatic rings. The van der Waals surface area contributed by atoms with Gasteiger partial charge in [-0.3, -0.25) is 14.1 Å². The Balaban J connectivity index is 0.000000107. The summed E-state index contributed by atoms with van der Waals surface area (Å²) in [4.78, 5) is 19.8. The van der Waals surface area contributed by atoms with Crippen LogP contribution in [0.5, 0.6) is 0 Å². The number of benzene rings is 16. The molecule has 0 radical (unpaired) electrons. The number of fused-ring (bicyclic) bond motifs is 17. The summed E-state index contributed by atoms with van der Waals surface area (Å²) in [5.74, 6) is 4.15. The van der Waals surface area contributed by atoms with Crippen molar-refractivity contribution in [2.75, 3.05) is 0 Å². The zero-order valence-corrected chi connectivity index (χ0v) is 65.8. The van der Waals surface area contributed by atoms with Crippen LogP contribution in [0.15, 0.2) is 444 Å². The second kappa shape index (κ2) is 29.9. The number of pyridine rings is 3. The normalized spacial score (nSPS) is 11.6. The van der Waals surface area contributed by atoms with Crippen LogP contribution in [0.1, 0.15) is 0 Å². The highest BCUT2D eigenvalue weighted by Gasteiger charge is 2.28. The topological polar surface area (TPSA) is 106 Å². The van der Waals surface area contributed by atoms with Gasteiger partial charge in [-0.2, -0.15) is 0 Å². The van der Waals surface area contributed by atoms with E-state index in [9.17, 15) is 0 Å². The highest BCUT2D eigenvalue weighted by molar-refractivity contribution is 6.25. The van der Waals surface area contributed by atoms with E-state index in [0.717, 1.165) is 211 Å². The summed E-state index contributed by atoms with van der Waals surface area (Å²) >= 11 is 0. The third-order valence-electron chi connectivity index (χ3n) is 23.5. The Morgan fingerprint density at radius 3 is 1.16 bits per heavy atom. The number of aromatic nitrogens is 7. The van der Waals surface area contributed by atoms with Crippen LogP contribution in [0.25, 0.3) is 227 Å². The summed E-state index contributed by atoms with van der Waals surface area (Å²) < 4.78 is 27.1. The van der Waals surface area contributed by atoms with Gasteiger partial charge in [0, 0.05) is 94.7 Å². The Hall–Kier alpha value is -16.6. The maximum Gasteiger partial charge on any atom is 0.227 e. The molecule has 9 aromatic heterocycles. The van der Waals surface area contributed by atoms with Crippen molar-refractivity contribution in [2.24, 2.45) is 0 Å². The molecule has 16 aromatic carbocycles. The standard InChI is InChI=1S/C41H26N2O.C36H23N3O.C35H22N2O/c1-3-12-27(13-4-1)38-34-22-23-37-39(41(34)44-40(38)28-14-5-2-6-15-28)33-20-9-10-21-36(33)43(37)32-19-11-18-30(24-32)35-25-29-16-7-8-17-31(29)26-42-35;1-4-12-24(13-5-1)27-22-30(25-14-6-2-7-15-25)37-33(23-27)39-31-19-11-10-18-28(31)34-32(39)21-20-29-35(34)40-36(38-29)26-16-8-3-9-17-26;1-3-11-23(12-4-1)32-28-19-20-30-33(35(28)38-34(32)24-13-5-2-6-14-24)27-17-9-10-18-29(27)37(30)31-21-25-15-7-8-16-26(25)22-36-31/h1-26H;1-23H;1-22H. The van der Waals surface area contributed by atoms with Gasteiger partial charge >= 0.3 is 0 Å². The maximum atomic E-state index is 6.92. The van der Waals surface area contributed by atoms with Gasteiger partial charge in [-0.1, -0.05) is 315 Å². The summed E-state index contributed by atoms with van der Waals surface area (Å²) in [6, 6.07) is 145. The van der Waals surface area contributed by atoms with E-state index in [1.54, 1.807) is 0 Å². The van der Waals surface area contributed by atoms with E-state index in [2.05, 4.69) is 359 Å². The molecule has 0 bridgehead atoms. The number of hydrogen-bond donors (Lipinski definition) is 0. The monoisotopic (exact) mass is 1560 g/mol. The summed E-state index contributed by atoms with van der Waals surface area (Å²) in [6.07, 6.45) is 3.91. The fourth-order valence-corrected chi connectivity index (χ4v) is 17.9. The van der Waals surface area contributed by atoms with Crippen LogP contribution in [0.4, 0.5) is 0 Å². The molecule has 9 heterocycles. The number of furan rings is 2. The number of rotatable bonds is 11. The maximum absolute atomic E-state index is 6.92. The van der Waals surface area contributed by atoms with Crippen molar-refractivity contribution in [2.45, 2.75) is 0 Å². The van der Waals surface area contributed by atoms with Crippen LogP contribution in [-0.2, 0) is 0 Å². The van der Waals surface area contributed by atoms with Crippen molar-refractivity contribution < 1.29 is 13.3 Å². The van der Waals surface area contributed by atoms with E-state index < -0.39 is 0 Å². The molecule has 25 rings (SSSR count). The predicted octanol–water partition coefficient (Wildman–Crippen LogP) is 29.8. The van der Waals surface area contributed by atoms with Gasteiger partial charge in [0.15, 0.2) is 5.58 Å². The first-order valence-corrected chi connectivity index (χ1v) is 41.0. The van der Waals surface area contributed by atoms with Crippen molar-refractivity contribution in [3.8, 4) is 107 Å². The smallest absolute Gasteiger partial charge is 0.227 e. The highest BCUT2D eigenvalue weighted by atomic mass is 16.4. The first-order valence-electron chi connectivity index (χ1n) is 41.0. The van der Waals surface area contributed by atoms with Crippen LogP contribution < -0.4 is 0 Å². The Morgan fingerprint density at radius 2 is 0.623 bits per heavy atom. The molecular formula is C112H71N7O3. The first kappa shape index (κ1) is 70.8. The second-order valence-corrected chi connectivity index (χ2v) is 30.7. The van der Waals surface area contributed by atoms with Gasteiger partial charge in [0.2, 0.25) is 5.89 Å². The van der Waals surface area contributed by atoms with Crippen molar-refractivity contribution >= 4 is 120 Å². The lowest BCUT2D eigenvalue weighted by Crippen LogP contribution is -2.00. The van der Waals surface area contributed by atoms with Gasteiger partial charge < -0.3 is 17.8 Å². The minimum atomic E-state index is 0.621. The molecule has 0 atom stereocenters. The summed E-state index contributed by atoms with van der Waals surface area (Å²) in [6.45, 7) is 0. The number of nitrogens with zero attached hydrogens (tertiary/aromatic N) is 7. The molecule has 0 aliphatic heterocycles. The van der Waals surface area contributed by atoms with E-state index in [-0.39, 0.29) is 0 Å². The first-order chi connectivity index (χ1) is 60.5. The molecule has 0 amide bonds. The van der Waals surface area contributed by atoms with Gasteiger partial charge in [-0.15, -0.1) is 0 Å². The van der Waals surface area contributed by atoms with Gasteiger partial charge in [-0.05, 0) is 136 Å². The molecule has 10 heteroatoms. The predicted molar refractivity (Wildman–Crippen MR) is 501 cm³/mol. The van der Waals surface area contributed by atoms with Gasteiger partial charge in [-0.25, -0.2) is 15.0 Å². The van der Waals surface area contributed by atoms with Gasteiger partial charge in [0.25, 0.3) is 0 Å². The highest BCUT2D eigenvalue weighted by Crippen LogP contribution is 2.50. The van der Waals surface area contributed by atoms with Gasteiger partial charge in [0.05, 0.1) is 60.6 Å². The lowest BCUT2D eigenvalue weighted by Gasteiger charge is -2.13. The number of para-hydroxylation sites is 3. The molecule has 0 saturated carbocycles. The molecule has 572 valence electrons. The van der Waals surface area contributed by atoms with Crippen LogP contribution in [0.3, 0.4) is 0 Å². The average molecular weight is 1560 g/mol. The summed E-state index contributed by atoms with van der Waals surface area (Å²) in [5.41, 5.74) is 25.0. The molecule has 0 N–H and O–H groups in total. The molecule has 0 spiro atoms. The Bertz CT molecular complexity index is 8240. The molecule has 10 nitrogen and oxygen atoms in total. The molecular weight excluding hydrogens is 1490 g/mol. The Morgan fingerprint density at radius 1 is 0.213 bits per heavy atom. The fourth-order valence-electron chi connectivity index (χ4n) is 17.9. The van der Waals surface area contributed by atoms with E-state index in [1.165, 1.54) is 10.8 Å². The molecule has 122 heavy (non-hydrogen) atoms.